The average molecular weight is 394 g/mol. The third kappa shape index (κ3) is 5.32. The third-order valence-electron chi connectivity index (χ3n) is 4.57. The molecule has 4 N–H and O–H groups in total. The first kappa shape index (κ1) is 20.3. The van der Waals surface area contributed by atoms with E-state index < -0.39 is 0 Å². The number of aliphatic hydroxyl groups is 1. The Kier molecular flexibility index (Phi) is 6.80. The van der Waals surface area contributed by atoms with Gasteiger partial charge in [0.1, 0.15) is 6.73 Å². The van der Waals surface area contributed by atoms with Crippen molar-refractivity contribution in [2.75, 3.05) is 31.4 Å². The number of rotatable bonds is 8. The van der Waals surface area contributed by atoms with Gasteiger partial charge in [-0.3, -0.25) is 14.7 Å². The van der Waals surface area contributed by atoms with Crippen molar-refractivity contribution in [2.24, 2.45) is 17.0 Å². The third-order valence-corrected chi connectivity index (χ3v) is 4.57. The van der Waals surface area contributed by atoms with Crippen LogP contribution in [-0.2, 0) is 11.8 Å². The highest BCUT2D eigenvalue weighted by atomic mass is 16.5. The number of nitrogens with zero attached hydrogens (tertiary/aromatic N) is 4. The number of aryl methyl sites for hydroxylation is 1. The SMILES string of the molecule is C/N=C(\C=C/O)c1ccc(N)c(NCOCC2CC=C(c3cnn(C)c3)C=N2)c1. The maximum absolute atomic E-state index is 8.99. The van der Waals surface area contributed by atoms with Crippen molar-refractivity contribution in [3.63, 3.8) is 0 Å². The van der Waals surface area contributed by atoms with Crippen LogP contribution in [0.1, 0.15) is 17.5 Å². The van der Waals surface area contributed by atoms with E-state index in [1.165, 1.54) is 6.08 Å². The van der Waals surface area contributed by atoms with E-state index in [1.807, 2.05) is 37.8 Å². The molecule has 0 fully saturated rings. The topological polar surface area (TPSA) is 110 Å². The van der Waals surface area contributed by atoms with Gasteiger partial charge in [-0.25, -0.2) is 0 Å². The molecule has 0 spiro atoms. The molecule has 0 saturated carbocycles. The first-order chi connectivity index (χ1) is 14.1. The number of hydrogen-bond donors (Lipinski definition) is 3. The van der Waals surface area contributed by atoms with Gasteiger partial charge in [0.2, 0.25) is 0 Å². The van der Waals surface area contributed by atoms with Gasteiger partial charge in [-0.05, 0) is 30.2 Å². The number of nitrogen functional groups attached to an aromatic ring is 1. The van der Waals surface area contributed by atoms with Crippen molar-refractivity contribution < 1.29 is 9.84 Å². The van der Waals surface area contributed by atoms with E-state index >= 15 is 0 Å². The summed E-state index contributed by atoms with van der Waals surface area (Å²) in [6.45, 7) is 0.822. The lowest BCUT2D eigenvalue weighted by molar-refractivity contribution is 0.138. The van der Waals surface area contributed by atoms with E-state index in [0.29, 0.717) is 24.7 Å². The summed E-state index contributed by atoms with van der Waals surface area (Å²) in [6, 6.07) is 5.62. The lowest BCUT2D eigenvalue weighted by Crippen LogP contribution is -2.19. The summed E-state index contributed by atoms with van der Waals surface area (Å²) in [5.74, 6) is 0. The minimum Gasteiger partial charge on any atom is -0.516 e. The van der Waals surface area contributed by atoms with Crippen LogP contribution in [0.4, 0.5) is 11.4 Å². The Morgan fingerprint density at radius 2 is 2.34 bits per heavy atom. The average Bonchev–Trinajstić information content (AvgIpc) is 3.17. The fourth-order valence-electron chi connectivity index (χ4n) is 3.00. The van der Waals surface area contributed by atoms with Gasteiger partial charge >= 0.3 is 0 Å². The Labute approximate surface area is 170 Å². The number of anilines is 2. The summed E-state index contributed by atoms with van der Waals surface area (Å²) in [5.41, 5.74) is 11.1. The van der Waals surface area contributed by atoms with Crippen molar-refractivity contribution in [2.45, 2.75) is 12.5 Å². The molecule has 1 aromatic carbocycles. The zero-order chi connectivity index (χ0) is 20.6. The number of aromatic nitrogens is 2. The van der Waals surface area contributed by atoms with Crippen LogP contribution in [0.15, 0.2) is 59.0 Å². The number of allylic oxidation sites excluding steroid dienone is 2. The summed E-state index contributed by atoms with van der Waals surface area (Å²) >= 11 is 0. The van der Waals surface area contributed by atoms with E-state index in [0.717, 1.165) is 35.1 Å². The second-order valence-corrected chi connectivity index (χ2v) is 6.65. The lowest BCUT2D eigenvalue weighted by Gasteiger charge is -2.17. The second-order valence-electron chi connectivity index (χ2n) is 6.65. The second kappa shape index (κ2) is 9.70. The molecular formula is C21H26N6O2. The highest BCUT2D eigenvalue weighted by Gasteiger charge is 2.12. The predicted molar refractivity (Wildman–Crippen MR) is 118 cm³/mol. The highest BCUT2D eigenvalue weighted by Crippen LogP contribution is 2.21. The summed E-state index contributed by atoms with van der Waals surface area (Å²) in [5, 5.41) is 16.4. The standard InChI is InChI=1S/C21H26N6O2/c1-23-20(7-8-28)15-4-6-19(22)21(9-15)25-14-29-13-18-5-3-16(10-24-18)17-11-26-27(2)12-17/h3-4,6-12,18,25,28H,5,13-14,22H2,1-2H3/b8-7-,23-20+. The van der Waals surface area contributed by atoms with Crippen molar-refractivity contribution in [1.29, 1.82) is 0 Å². The van der Waals surface area contributed by atoms with Gasteiger partial charge in [0.15, 0.2) is 0 Å². The number of benzene rings is 1. The quantitative estimate of drug-likeness (QED) is 0.210. The number of nitrogens with two attached hydrogens (primary N) is 1. The Bertz CT molecular complexity index is 958. The molecule has 1 aromatic heterocycles. The first-order valence-electron chi connectivity index (χ1n) is 9.32. The van der Waals surface area contributed by atoms with E-state index in [2.05, 4.69) is 26.5 Å². The summed E-state index contributed by atoms with van der Waals surface area (Å²) in [4.78, 5) is 8.72. The molecule has 1 unspecified atom stereocenters. The van der Waals surface area contributed by atoms with Crippen LogP contribution in [0, 0.1) is 0 Å². The van der Waals surface area contributed by atoms with E-state index in [-0.39, 0.29) is 6.04 Å². The van der Waals surface area contributed by atoms with Crippen molar-refractivity contribution >= 4 is 28.9 Å². The smallest absolute Gasteiger partial charge is 0.116 e. The maximum atomic E-state index is 8.99. The molecule has 0 saturated heterocycles. The number of aliphatic hydroxyl groups excluding tert-OH is 1. The minimum absolute atomic E-state index is 0.0921. The molecule has 3 rings (SSSR count). The lowest BCUT2D eigenvalue weighted by atomic mass is 10.0. The fraction of sp³-hybridized carbons (Fsp3) is 0.286. The van der Waals surface area contributed by atoms with Crippen LogP contribution >= 0.6 is 0 Å². The molecular weight excluding hydrogens is 368 g/mol. The molecule has 2 aromatic rings. The largest absolute Gasteiger partial charge is 0.516 e. The Hall–Kier alpha value is -3.39. The van der Waals surface area contributed by atoms with Crippen molar-refractivity contribution in [3.8, 4) is 0 Å². The van der Waals surface area contributed by atoms with Crippen LogP contribution in [-0.4, -0.2) is 53.2 Å². The number of dihydropyridines is 1. The zero-order valence-corrected chi connectivity index (χ0v) is 16.6. The first-order valence-corrected chi connectivity index (χ1v) is 9.32. The molecule has 1 aliphatic rings. The van der Waals surface area contributed by atoms with E-state index in [9.17, 15) is 0 Å². The molecule has 152 valence electrons. The van der Waals surface area contributed by atoms with E-state index in [1.54, 1.807) is 17.8 Å². The predicted octanol–water partition coefficient (Wildman–Crippen LogP) is 2.81. The summed E-state index contributed by atoms with van der Waals surface area (Å²) in [6.07, 6.45) is 11.2. The van der Waals surface area contributed by atoms with Gasteiger partial charge in [-0.1, -0.05) is 12.1 Å². The van der Waals surface area contributed by atoms with Crippen molar-refractivity contribution in [1.82, 2.24) is 9.78 Å². The minimum atomic E-state index is 0.0921. The Morgan fingerprint density at radius 1 is 1.48 bits per heavy atom. The summed E-state index contributed by atoms with van der Waals surface area (Å²) in [7, 11) is 3.57. The van der Waals surface area contributed by atoms with Gasteiger partial charge in [-0.15, -0.1) is 0 Å². The number of hydrogen-bond acceptors (Lipinski definition) is 7. The Morgan fingerprint density at radius 3 is 3.00 bits per heavy atom. The zero-order valence-electron chi connectivity index (χ0n) is 16.6. The van der Waals surface area contributed by atoms with Gasteiger partial charge in [0.25, 0.3) is 0 Å². The number of aliphatic imine (C=N–C) groups is 2. The van der Waals surface area contributed by atoms with Gasteiger partial charge in [-0.2, -0.15) is 5.10 Å². The molecule has 8 heteroatoms. The number of nitrogens with one attached hydrogen (secondary N) is 1. The van der Waals surface area contributed by atoms with Gasteiger partial charge < -0.3 is 20.9 Å². The van der Waals surface area contributed by atoms with Crippen LogP contribution in [0.5, 0.6) is 0 Å². The van der Waals surface area contributed by atoms with E-state index in [4.69, 9.17) is 15.6 Å². The van der Waals surface area contributed by atoms with Gasteiger partial charge in [0, 0.05) is 37.6 Å². The maximum Gasteiger partial charge on any atom is 0.116 e. The molecule has 0 bridgehead atoms. The van der Waals surface area contributed by atoms with Crippen LogP contribution in [0.25, 0.3) is 5.57 Å². The van der Waals surface area contributed by atoms with Crippen LogP contribution in [0.2, 0.25) is 0 Å². The summed E-state index contributed by atoms with van der Waals surface area (Å²) < 4.78 is 7.52. The molecule has 2 heterocycles. The molecule has 0 radical (unpaired) electrons. The van der Waals surface area contributed by atoms with Gasteiger partial charge in [0.05, 0.1) is 42.2 Å². The highest BCUT2D eigenvalue weighted by molar-refractivity contribution is 6.10. The molecule has 29 heavy (non-hydrogen) atoms. The van der Waals surface area contributed by atoms with Crippen molar-refractivity contribution in [3.05, 3.63) is 60.1 Å². The number of ether oxygens (including phenoxy) is 1. The van der Waals surface area contributed by atoms with Crippen LogP contribution < -0.4 is 11.1 Å². The van der Waals surface area contributed by atoms with Crippen LogP contribution in [0.3, 0.4) is 0 Å². The normalized spacial score (nSPS) is 17.0. The molecule has 8 nitrogen and oxygen atoms in total. The monoisotopic (exact) mass is 394 g/mol. The molecule has 0 amide bonds. The molecule has 1 aliphatic heterocycles. The Balaban J connectivity index is 1.49. The molecule has 0 aliphatic carbocycles. The molecule has 1 atom stereocenters. The fourth-order valence-corrected chi connectivity index (χ4v) is 3.00.